The highest BCUT2D eigenvalue weighted by Crippen LogP contribution is 2.23. The van der Waals surface area contributed by atoms with Crippen LogP contribution in [0.5, 0.6) is 5.75 Å². The van der Waals surface area contributed by atoms with E-state index in [1.54, 1.807) is 31.4 Å². The summed E-state index contributed by atoms with van der Waals surface area (Å²) in [6.45, 7) is 2.79. The van der Waals surface area contributed by atoms with E-state index in [9.17, 15) is 9.59 Å². The van der Waals surface area contributed by atoms with E-state index >= 15 is 0 Å². The van der Waals surface area contributed by atoms with Crippen molar-refractivity contribution in [1.29, 1.82) is 0 Å². The molecule has 0 aliphatic carbocycles. The van der Waals surface area contributed by atoms with Crippen LogP contribution in [0.25, 0.3) is 0 Å². The molecule has 0 unspecified atom stereocenters. The normalized spacial score (nSPS) is 18.8. The fraction of sp³-hybridized carbons (Fsp3) is 0.438. The number of thioether (sulfide) groups is 1. The molecule has 1 atom stereocenters. The van der Waals surface area contributed by atoms with E-state index in [2.05, 4.69) is 22.5 Å². The molecule has 0 bridgehead atoms. The van der Waals surface area contributed by atoms with Gasteiger partial charge in [-0.05, 0) is 30.7 Å². The average Bonchev–Trinajstić information content (AvgIpc) is 2.88. The van der Waals surface area contributed by atoms with Gasteiger partial charge >= 0.3 is 0 Å². The maximum Gasteiger partial charge on any atom is 0.240 e. The standard InChI is InChI=1S/C16H21N3O3S/c1-3-4-9-17-16-19-15(21)13(23-16)10-14(20)18-11-5-7-12(22-2)8-6-11/h5-8,13H,3-4,9-10H2,1-2H3,(H,18,20)(H,17,19,21)/t13-/m0/s1. The minimum Gasteiger partial charge on any atom is -0.497 e. The maximum absolute atomic E-state index is 12.1. The molecule has 1 saturated heterocycles. The molecule has 7 heteroatoms. The van der Waals surface area contributed by atoms with Crippen LogP contribution in [0.4, 0.5) is 5.69 Å². The number of unbranched alkanes of at least 4 members (excludes halogenated alkanes) is 1. The van der Waals surface area contributed by atoms with Crippen LogP contribution >= 0.6 is 11.8 Å². The molecule has 1 fully saturated rings. The SMILES string of the molecule is CCCCN=C1NC(=O)[C@H](CC(=O)Nc2ccc(OC)cc2)S1. The van der Waals surface area contributed by atoms with Gasteiger partial charge in [-0.3, -0.25) is 14.6 Å². The van der Waals surface area contributed by atoms with E-state index < -0.39 is 5.25 Å². The van der Waals surface area contributed by atoms with Crippen LogP contribution in [0.1, 0.15) is 26.2 Å². The molecule has 1 aliphatic heterocycles. The lowest BCUT2D eigenvalue weighted by Gasteiger charge is -2.08. The van der Waals surface area contributed by atoms with Gasteiger partial charge in [0.25, 0.3) is 0 Å². The Morgan fingerprint density at radius 1 is 1.39 bits per heavy atom. The smallest absolute Gasteiger partial charge is 0.240 e. The van der Waals surface area contributed by atoms with Crippen molar-refractivity contribution in [3.8, 4) is 5.75 Å². The van der Waals surface area contributed by atoms with E-state index in [1.807, 2.05) is 0 Å². The average molecular weight is 335 g/mol. The Morgan fingerprint density at radius 3 is 2.78 bits per heavy atom. The molecule has 0 saturated carbocycles. The molecule has 1 aromatic carbocycles. The van der Waals surface area contributed by atoms with Gasteiger partial charge in [-0.2, -0.15) is 0 Å². The fourth-order valence-electron chi connectivity index (χ4n) is 2.01. The second kappa shape index (κ2) is 8.57. The first-order chi connectivity index (χ1) is 11.1. The zero-order chi connectivity index (χ0) is 16.7. The van der Waals surface area contributed by atoms with Crippen molar-refractivity contribution in [2.24, 2.45) is 4.99 Å². The van der Waals surface area contributed by atoms with E-state index in [4.69, 9.17) is 4.74 Å². The molecule has 1 aromatic rings. The Hall–Kier alpha value is -2.02. The van der Waals surface area contributed by atoms with E-state index in [1.165, 1.54) is 11.8 Å². The Bertz CT molecular complexity index is 587. The quantitative estimate of drug-likeness (QED) is 0.750. The summed E-state index contributed by atoms with van der Waals surface area (Å²) in [5, 5.41) is 5.70. The largest absolute Gasteiger partial charge is 0.497 e. The summed E-state index contributed by atoms with van der Waals surface area (Å²) in [7, 11) is 1.59. The summed E-state index contributed by atoms with van der Waals surface area (Å²) in [6, 6.07) is 7.06. The van der Waals surface area contributed by atoms with Crippen LogP contribution in [0.2, 0.25) is 0 Å². The Morgan fingerprint density at radius 2 is 2.13 bits per heavy atom. The van der Waals surface area contributed by atoms with Crippen molar-refractivity contribution in [2.75, 3.05) is 19.0 Å². The maximum atomic E-state index is 12.1. The number of benzene rings is 1. The molecule has 0 spiro atoms. The molecule has 1 heterocycles. The van der Waals surface area contributed by atoms with Gasteiger partial charge in [-0.1, -0.05) is 25.1 Å². The van der Waals surface area contributed by atoms with E-state index in [0.717, 1.165) is 18.6 Å². The van der Waals surface area contributed by atoms with Crippen molar-refractivity contribution >= 4 is 34.4 Å². The molecule has 6 nitrogen and oxygen atoms in total. The molecular formula is C16H21N3O3S. The van der Waals surface area contributed by atoms with Crippen LogP contribution in [-0.2, 0) is 9.59 Å². The van der Waals surface area contributed by atoms with Crippen molar-refractivity contribution in [3.63, 3.8) is 0 Å². The number of hydrogen-bond donors (Lipinski definition) is 2. The molecule has 0 aromatic heterocycles. The molecule has 23 heavy (non-hydrogen) atoms. The molecule has 2 rings (SSSR count). The van der Waals surface area contributed by atoms with Crippen molar-refractivity contribution in [1.82, 2.24) is 5.32 Å². The number of ether oxygens (including phenoxy) is 1. The third-order valence-corrected chi connectivity index (χ3v) is 4.41. The van der Waals surface area contributed by atoms with Crippen molar-refractivity contribution < 1.29 is 14.3 Å². The number of amidine groups is 1. The van der Waals surface area contributed by atoms with Gasteiger partial charge in [0.1, 0.15) is 11.0 Å². The number of anilines is 1. The lowest BCUT2D eigenvalue weighted by Crippen LogP contribution is -2.28. The number of carbonyl (C=O) groups excluding carboxylic acids is 2. The van der Waals surface area contributed by atoms with Crippen LogP contribution in [0.15, 0.2) is 29.3 Å². The van der Waals surface area contributed by atoms with Gasteiger partial charge in [0.2, 0.25) is 11.8 Å². The summed E-state index contributed by atoms with van der Waals surface area (Å²) in [5.74, 6) is 0.370. The van der Waals surface area contributed by atoms with Gasteiger partial charge in [0.05, 0.1) is 7.11 Å². The topological polar surface area (TPSA) is 79.8 Å². The molecule has 124 valence electrons. The molecular weight excluding hydrogens is 314 g/mol. The van der Waals surface area contributed by atoms with Crippen LogP contribution in [0, 0.1) is 0 Å². The van der Waals surface area contributed by atoms with Crippen LogP contribution in [0.3, 0.4) is 0 Å². The number of rotatable bonds is 7. The number of methoxy groups -OCH3 is 1. The summed E-state index contributed by atoms with van der Waals surface area (Å²) in [4.78, 5) is 28.3. The minimum absolute atomic E-state index is 0.120. The zero-order valence-corrected chi connectivity index (χ0v) is 14.1. The first-order valence-electron chi connectivity index (χ1n) is 7.58. The summed E-state index contributed by atoms with van der Waals surface area (Å²) >= 11 is 1.32. The Balaban J connectivity index is 1.84. The monoisotopic (exact) mass is 335 g/mol. The third kappa shape index (κ3) is 5.28. The fourth-order valence-corrected chi connectivity index (χ4v) is 3.00. The van der Waals surface area contributed by atoms with Gasteiger partial charge in [-0.15, -0.1) is 0 Å². The Labute approximate surface area is 140 Å². The van der Waals surface area contributed by atoms with Gasteiger partial charge in [0.15, 0.2) is 5.17 Å². The third-order valence-electron chi connectivity index (χ3n) is 3.29. The number of carbonyl (C=O) groups is 2. The van der Waals surface area contributed by atoms with Gasteiger partial charge in [0, 0.05) is 18.7 Å². The predicted octanol–water partition coefficient (Wildman–Crippen LogP) is 2.41. The van der Waals surface area contributed by atoms with E-state index in [-0.39, 0.29) is 18.2 Å². The summed E-state index contributed by atoms with van der Waals surface area (Å²) in [6.07, 6.45) is 2.17. The lowest BCUT2D eigenvalue weighted by atomic mass is 10.2. The summed E-state index contributed by atoms with van der Waals surface area (Å²) < 4.78 is 5.07. The van der Waals surface area contributed by atoms with Crippen LogP contribution in [-0.4, -0.2) is 35.9 Å². The highest BCUT2D eigenvalue weighted by molar-refractivity contribution is 8.15. The molecule has 2 N–H and O–H groups in total. The highest BCUT2D eigenvalue weighted by atomic mass is 32.2. The van der Waals surface area contributed by atoms with Crippen molar-refractivity contribution in [2.45, 2.75) is 31.4 Å². The number of hydrogen-bond acceptors (Lipinski definition) is 5. The van der Waals surface area contributed by atoms with Crippen molar-refractivity contribution in [3.05, 3.63) is 24.3 Å². The highest BCUT2D eigenvalue weighted by Gasteiger charge is 2.31. The number of aliphatic imine (C=N–C) groups is 1. The molecule has 0 radical (unpaired) electrons. The van der Waals surface area contributed by atoms with Gasteiger partial charge in [-0.25, -0.2) is 0 Å². The Kier molecular flexibility index (Phi) is 6.46. The molecule has 2 amide bonds. The number of nitrogens with zero attached hydrogens (tertiary/aromatic N) is 1. The lowest BCUT2D eigenvalue weighted by molar-refractivity contribution is -0.122. The van der Waals surface area contributed by atoms with E-state index in [0.29, 0.717) is 17.4 Å². The number of nitrogens with one attached hydrogen (secondary N) is 2. The summed E-state index contributed by atoms with van der Waals surface area (Å²) in [5.41, 5.74) is 0.677. The second-order valence-corrected chi connectivity index (χ2v) is 6.31. The number of amides is 2. The first-order valence-corrected chi connectivity index (χ1v) is 8.46. The molecule has 1 aliphatic rings. The second-order valence-electron chi connectivity index (χ2n) is 5.12. The van der Waals surface area contributed by atoms with Gasteiger partial charge < -0.3 is 15.4 Å². The predicted molar refractivity (Wildman–Crippen MR) is 93.0 cm³/mol. The first kappa shape index (κ1) is 17.3. The minimum atomic E-state index is -0.423. The zero-order valence-electron chi connectivity index (χ0n) is 13.3. The van der Waals surface area contributed by atoms with Crippen LogP contribution < -0.4 is 15.4 Å².